The molecule has 0 aliphatic rings. The largest absolute Gasteiger partial charge is 0.466 e. The number of carbonyl (C=O) groups excluding carboxylic acids is 2. The van der Waals surface area contributed by atoms with Gasteiger partial charge in [0.15, 0.2) is 0 Å². The molecular formula is C18H15FO4. The number of ether oxygens (including phenoxy) is 2. The summed E-state index contributed by atoms with van der Waals surface area (Å²) in [5, 5.41) is 0. The maximum absolute atomic E-state index is 13.0. The van der Waals surface area contributed by atoms with E-state index < -0.39 is 11.9 Å². The first kappa shape index (κ1) is 16.4. The van der Waals surface area contributed by atoms with Crippen LogP contribution < -0.4 is 0 Å². The van der Waals surface area contributed by atoms with Crippen molar-refractivity contribution in [3.05, 3.63) is 65.5 Å². The molecule has 0 saturated carbocycles. The maximum atomic E-state index is 13.0. The average Bonchev–Trinajstić information content (AvgIpc) is 2.59. The minimum absolute atomic E-state index is 0.318. The first-order valence-electron chi connectivity index (χ1n) is 6.79. The van der Waals surface area contributed by atoms with Gasteiger partial charge < -0.3 is 9.47 Å². The number of methoxy groups -OCH3 is 2. The fourth-order valence-electron chi connectivity index (χ4n) is 2.04. The van der Waals surface area contributed by atoms with Gasteiger partial charge >= 0.3 is 11.9 Å². The molecule has 0 atom stereocenters. The summed E-state index contributed by atoms with van der Waals surface area (Å²) in [7, 11) is 2.55. The Labute approximate surface area is 133 Å². The first-order valence-corrected chi connectivity index (χ1v) is 6.79. The molecule has 0 aliphatic heterocycles. The van der Waals surface area contributed by atoms with Crippen LogP contribution in [0.25, 0.3) is 17.2 Å². The van der Waals surface area contributed by atoms with Gasteiger partial charge in [-0.25, -0.2) is 14.0 Å². The maximum Gasteiger partial charge on any atom is 0.338 e. The summed E-state index contributed by atoms with van der Waals surface area (Å²) >= 11 is 0. The van der Waals surface area contributed by atoms with Gasteiger partial charge in [0.2, 0.25) is 0 Å². The summed E-state index contributed by atoms with van der Waals surface area (Å²) < 4.78 is 22.3. The molecule has 0 N–H and O–H groups in total. The zero-order valence-electron chi connectivity index (χ0n) is 12.7. The Morgan fingerprint density at radius 3 is 2.22 bits per heavy atom. The molecular weight excluding hydrogens is 299 g/mol. The molecule has 2 aromatic carbocycles. The van der Waals surface area contributed by atoms with Crippen molar-refractivity contribution in [3.63, 3.8) is 0 Å². The lowest BCUT2D eigenvalue weighted by molar-refractivity contribution is -0.134. The van der Waals surface area contributed by atoms with Gasteiger partial charge in [-0.1, -0.05) is 18.2 Å². The molecule has 2 aromatic rings. The number of hydrogen-bond acceptors (Lipinski definition) is 4. The summed E-state index contributed by atoms with van der Waals surface area (Å²) in [4.78, 5) is 23.1. The van der Waals surface area contributed by atoms with Crippen LogP contribution in [-0.2, 0) is 14.3 Å². The summed E-state index contributed by atoms with van der Waals surface area (Å²) in [5.41, 5.74) is 2.39. The summed E-state index contributed by atoms with van der Waals surface area (Å²) in [5.74, 6) is -1.38. The number of rotatable bonds is 4. The SMILES string of the molecule is COC(=O)/C=C/c1cc(-c2ccc(F)cc2)ccc1C(=O)OC. The molecule has 0 fully saturated rings. The number of benzene rings is 2. The van der Waals surface area contributed by atoms with Crippen molar-refractivity contribution in [2.24, 2.45) is 0 Å². The third-order valence-corrected chi connectivity index (χ3v) is 3.23. The number of hydrogen-bond donors (Lipinski definition) is 0. The number of esters is 2. The van der Waals surface area contributed by atoms with E-state index in [1.807, 2.05) is 0 Å². The lowest BCUT2D eigenvalue weighted by atomic mass is 9.98. The predicted molar refractivity (Wildman–Crippen MR) is 84.2 cm³/mol. The van der Waals surface area contributed by atoms with Crippen LogP contribution in [0.4, 0.5) is 4.39 Å². The van der Waals surface area contributed by atoms with E-state index in [1.165, 1.54) is 38.5 Å². The molecule has 0 amide bonds. The van der Waals surface area contributed by atoms with Crippen molar-refractivity contribution >= 4 is 18.0 Å². The highest BCUT2D eigenvalue weighted by Gasteiger charge is 2.12. The predicted octanol–water partition coefficient (Wildman–Crippen LogP) is 3.47. The van der Waals surface area contributed by atoms with Gasteiger partial charge in [-0.05, 0) is 47.0 Å². The normalized spacial score (nSPS) is 10.6. The smallest absolute Gasteiger partial charge is 0.338 e. The lowest BCUT2D eigenvalue weighted by Gasteiger charge is -2.08. The summed E-state index contributed by atoms with van der Waals surface area (Å²) in [6.07, 6.45) is 2.70. The molecule has 4 nitrogen and oxygen atoms in total. The molecule has 0 radical (unpaired) electrons. The van der Waals surface area contributed by atoms with E-state index in [4.69, 9.17) is 4.74 Å². The van der Waals surface area contributed by atoms with Crippen LogP contribution in [0, 0.1) is 5.82 Å². The van der Waals surface area contributed by atoms with Crippen molar-refractivity contribution in [3.8, 4) is 11.1 Å². The molecule has 0 heterocycles. The van der Waals surface area contributed by atoms with Gasteiger partial charge in [0, 0.05) is 6.08 Å². The Hall–Kier alpha value is -2.95. The highest BCUT2D eigenvalue weighted by Crippen LogP contribution is 2.24. The minimum Gasteiger partial charge on any atom is -0.466 e. The quantitative estimate of drug-likeness (QED) is 0.640. The highest BCUT2D eigenvalue weighted by atomic mass is 19.1. The van der Waals surface area contributed by atoms with E-state index in [0.717, 1.165) is 11.1 Å². The van der Waals surface area contributed by atoms with Crippen LogP contribution in [0.2, 0.25) is 0 Å². The second-order valence-corrected chi connectivity index (χ2v) is 4.66. The summed E-state index contributed by atoms with van der Waals surface area (Å²) in [6, 6.07) is 11.0. The zero-order chi connectivity index (χ0) is 16.8. The van der Waals surface area contributed by atoms with Crippen LogP contribution in [0.3, 0.4) is 0 Å². The van der Waals surface area contributed by atoms with Crippen LogP contribution in [-0.4, -0.2) is 26.2 Å². The second kappa shape index (κ2) is 7.35. The van der Waals surface area contributed by atoms with Crippen LogP contribution in [0.15, 0.2) is 48.5 Å². The van der Waals surface area contributed by atoms with E-state index in [9.17, 15) is 14.0 Å². The van der Waals surface area contributed by atoms with Crippen molar-refractivity contribution in [1.29, 1.82) is 0 Å². The van der Waals surface area contributed by atoms with Gasteiger partial charge in [-0.15, -0.1) is 0 Å². The van der Waals surface area contributed by atoms with Gasteiger partial charge in [-0.3, -0.25) is 0 Å². The third-order valence-electron chi connectivity index (χ3n) is 3.23. The zero-order valence-corrected chi connectivity index (χ0v) is 12.7. The molecule has 0 aromatic heterocycles. The van der Waals surface area contributed by atoms with Gasteiger partial charge in [0.05, 0.1) is 19.8 Å². The minimum atomic E-state index is -0.534. The van der Waals surface area contributed by atoms with Crippen molar-refractivity contribution in [2.45, 2.75) is 0 Å². The molecule has 2 rings (SSSR count). The fraction of sp³-hybridized carbons (Fsp3) is 0.111. The first-order chi connectivity index (χ1) is 11.0. The van der Waals surface area contributed by atoms with E-state index in [-0.39, 0.29) is 5.82 Å². The Balaban J connectivity index is 2.47. The standard InChI is InChI=1S/C18H15FO4/c1-22-17(20)10-6-14-11-13(5-9-16(14)18(21)23-2)12-3-7-15(19)8-4-12/h3-11H,1-2H3/b10-6+. The lowest BCUT2D eigenvalue weighted by Crippen LogP contribution is -2.04. The number of halogens is 1. The Bertz CT molecular complexity index is 748. The molecule has 0 saturated heterocycles. The molecule has 118 valence electrons. The Morgan fingerprint density at radius 1 is 0.957 bits per heavy atom. The molecule has 0 spiro atoms. The second-order valence-electron chi connectivity index (χ2n) is 4.66. The highest BCUT2D eigenvalue weighted by molar-refractivity contribution is 5.96. The van der Waals surface area contributed by atoms with Gasteiger partial charge in [-0.2, -0.15) is 0 Å². The monoisotopic (exact) mass is 314 g/mol. The van der Waals surface area contributed by atoms with E-state index in [2.05, 4.69) is 4.74 Å². The average molecular weight is 314 g/mol. The fourth-order valence-corrected chi connectivity index (χ4v) is 2.04. The van der Waals surface area contributed by atoms with E-state index in [0.29, 0.717) is 11.1 Å². The molecule has 0 unspecified atom stereocenters. The third kappa shape index (κ3) is 4.03. The molecule has 0 aliphatic carbocycles. The van der Waals surface area contributed by atoms with E-state index >= 15 is 0 Å². The Kier molecular flexibility index (Phi) is 5.25. The van der Waals surface area contributed by atoms with E-state index in [1.54, 1.807) is 30.3 Å². The van der Waals surface area contributed by atoms with Crippen molar-refractivity contribution < 1.29 is 23.5 Å². The van der Waals surface area contributed by atoms with Crippen LogP contribution in [0.5, 0.6) is 0 Å². The molecule has 23 heavy (non-hydrogen) atoms. The van der Waals surface area contributed by atoms with Crippen LogP contribution >= 0.6 is 0 Å². The Morgan fingerprint density at radius 2 is 1.61 bits per heavy atom. The van der Waals surface area contributed by atoms with Gasteiger partial charge in [0.25, 0.3) is 0 Å². The molecule has 0 bridgehead atoms. The van der Waals surface area contributed by atoms with Crippen molar-refractivity contribution in [1.82, 2.24) is 0 Å². The topological polar surface area (TPSA) is 52.6 Å². The molecule has 5 heteroatoms. The van der Waals surface area contributed by atoms with Crippen molar-refractivity contribution in [2.75, 3.05) is 14.2 Å². The number of carbonyl (C=O) groups is 2. The van der Waals surface area contributed by atoms with Crippen LogP contribution in [0.1, 0.15) is 15.9 Å². The van der Waals surface area contributed by atoms with Gasteiger partial charge in [0.1, 0.15) is 5.82 Å². The summed E-state index contributed by atoms with van der Waals surface area (Å²) in [6.45, 7) is 0.